The van der Waals surface area contributed by atoms with Gasteiger partial charge in [0, 0.05) is 12.4 Å². The number of benzene rings is 1. The predicted octanol–water partition coefficient (Wildman–Crippen LogP) is 3.16. The Labute approximate surface area is 164 Å². The van der Waals surface area contributed by atoms with Gasteiger partial charge in [-0.15, -0.1) is 16.4 Å². The highest BCUT2D eigenvalue weighted by atomic mass is 32.1. The number of fused-ring (bicyclic) bond motifs is 1. The average molecular weight is 388 g/mol. The van der Waals surface area contributed by atoms with Gasteiger partial charge in [0.25, 0.3) is 5.56 Å². The zero-order valence-electron chi connectivity index (χ0n) is 15.1. The largest absolute Gasteiger partial charge is 0.306 e. The van der Waals surface area contributed by atoms with Crippen molar-refractivity contribution in [3.05, 3.63) is 88.0 Å². The third kappa shape index (κ3) is 2.93. The topological polar surface area (TPSA) is 70.0 Å². The van der Waals surface area contributed by atoms with E-state index >= 15 is 0 Å². The highest BCUT2D eigenvalue weighted by molar-refractivity contribution is 7.13. The maximum Gasteiger partial charge on any atom is 0.276 e. The van der Waals surface area contributed by atoms with E-state index in [1.807, 2.05) is 61.0 Å². The third-order valence-corrected chi connectivity index (χ3v) is 5.44. The Morgan fingerprint density at radius 1 is 1.11 bits per heavy atom. The van der Waals surface area contributed by atoms with Gasteiger partial charge in [-0.3, -0.25) is 4.79 Å². The number of nitrogens with zero attached hydrogens (tertiary/aromatic N) is 6. The van der Waals surface area contributed by atoms with Crippen molar-refractivity contribution < 1.29 is 0 Å². The molecule has 0 atom stereocenters. The molecule has 7 nitrogen and oxygen atoms in total. The molecule has 4 aromatic heterocycles. The summed E-state index contributed by atoms with van der Waals surface area (Å²) in [5.41, 5.74) is 4.06. The molecule has 0 saturated carbocycles. The number of hydrogen-bond acceptors (Lipinski definition) is 5. The van der Waals surface area contributed by atoms with Gasteiger partial charge >= 0.3 is 0 Å². The fourth-order valence-electron chi connectivity index (χ4n) is 3.06. The average Bonchev–Trinajstić information content (AvgIpc) is 3.45. The summed E-state index contributed by atoms with van der Waals surface area (Å²) in [4.78, 5) is 13.9. The molecule has 0 amide bonds. The van der Waals surface area contributed by atoms with Crippen LogP contribution in [0.3, 0.4) is 0 Å². The standard InChI is InChI=1S/C20H16N6OS/c1-14-4-6-16(7-5-14)26-13-15(21-23-26)12-24-8-9-25-18(20(24)27)11-17(22-25)19-3-2-10-28-19/h2-11,13H,12H2,1H3. The molecule has 0 aliphatic heterocycles. The molecular weight excluding hydrogens is 372 g/mol. The van der Waals surface area contributed by atoms with Crippen LogP contribution in [0.4, 0.5) is 0 Å². The fourth-order valence-corrected chi connectivity index (χ4v) is 3.75. The van der Waals surface area contributed by atoms with Gasteiger partial charge in [-0.1, -0.05) is 29.0 Å². The molecule has 0 aliphatic rings. The summed E-state index contributed by atoms with van der Waals surface area (Å²) < 4.78 is 4.96. The Bertz CT molecular complexity index is 1310. The summed E-state index contributed by atoms with van der Waals surface area (Å²) in [6, 6.07) is 13.8. The summed E-state index contributed by atoms with van der Waals surface area (Å²) in [5, 5.41) is 14.9. The lowest BCUT2D eigenvalue weighted by Crippen LogP contribution is -2.21. The van der Waals surface area contributed by atoms with Gasteiger partial charge in [-0.05, 0) is 36.6 Å². The highest BCUT2D eigenvalue weighted by Crippen LogP contribution is 2.23. The van der Waals surface area contributed by atoms with Crippen LogP contribution in [0.5, 0.6) is 0 Å². The van der Waals surface area contributed by atoms with Crippen molar-refractivity contribution in [3.8, 4) is 16.3 Å². The Balaban J connectivity index is 1.46. The number of thiophene rings is 1. The first kappa shape index (κ1) is 16.6. The minimum absolute atomic E-state index is 0.109. The maximum atomic E-state index is 12.9. The molecule has 8 heteroatoms. The lowest BCUT2D eigenvalue weighted by Gasteiger charge is -2.03. The van der Waals surface area contributed by atoms with Gasteiger partial charge in [-0.25, -0.2) is 9.20 Å². The first-order valence-electron chi connectivity index (χ1n) is 8.78. The molecule has 0 aliphatic carbocycles. The van der Waals surface area contributed by atoms with E-state index in [1.165, 1.54) is 5.56 Å². The van der Waals surface area contributed by atoms with Crippen LogP contribution in [0, 0.1) is 6.92 Å². The van der Waals surface area contributed by atoms with Gasteiger partial charge < -0.3 is 4.57 Å². The zero-order chi connectivity index (χ0) is 19.1. The summed E-state index contributed by atoms with van der Waals surface area (Å²) in [5.74, 6) is 0. The SMILES string of the molecule is Cc1ccc(-n2cc(Cn3ccn4nc(-c5cccs5)cc4c3=O)nn2)cc1. The minimum atomic E-state index is -0.109. The Hall–Kier alpha value is -3.52. The van der Waals surface area contributed by atoms with Crippen molar-refractivity contribution in [2.24, 2.45) is 0 Å². The second-order valence-electron chi connectivity index (χ2n) is 6.56. The van der Waals surface area contributed by atoms with Gasteiger partial charge in [0.1, 0.15) is 16.9 Å². The van der Waals surface area contributed by atoms with Crippen molar-refractivity contribution in [2.45, 2.75) is 13.5 Å². The molecule has 0 bridgehead atoms. The van der Waals surface area contributed by atoms with Gasteiger partial charge in [-0.2, -0.15) is 5.10 Å². The lowest BCUT2D eigenvalue weighted by molar-refractivity contribution is 0.719. The summed E-state index contributed by atoms with van der Waals surface area (Å²) >= 11 is 1.60. The van der Waals surface area contributed by atoms with Crippen LogP contribution in [-0.2, 0) is 6.54 Å². The van der Waals surface area contributed by atoms with Crippen molar-refractivity contribution in [2.75, 3.05) is 0 Å². The van der Waals surface area contributed by atoms with E-state index in [1.54, 1.807) is 37.5 Å². The molecule has 0 radical (unpaired) electrons. The fraction of sp³-hybridized carbons (Fsp3) is 0.100. The zero-order valence-corrected chi connectivity index (χ0v) is 15.9. The molecule has 0 fully saturated rings. The smallest absolute Gasteiger partial charge is 0.276 e. The number of aryl methyl sites for hydroxylation is 1. The Morgan fingerprint density at radius 3 is 2.75 bits per heavy atom. The van der Waals surface area contributed by atoms with Crippen LogP contribution in [0.1, 0.15) is 11.3 Å². The summed E-state index contributed by atoms with van der Waals surface area (Å²) in [6.45, 7) is 2.39. The first-order valence-corrected chi connectivity index (χ1v) is 9.66. The van der Waals surface area contributed by atoms with Crippen molar-refractivity contribution in [1.29, 1.82) is 0 Å². The third-order valence-electron chi connectivity index (χ3n) is 4.55. The summed E-state index contributed by atoms with van der Waals surface area (Å²) in [6.07, 6.45) is 5.36. The molecule has 138 valence electrons. The van der Waals surface area contributed by atoms with Gasteiger partial charge in [0.2, 0.25) is 0 Å². The second kappa shape index (κ2) is 6.58. The lowest BCUT2D eigenvalue weighted by atomic mass is 10.2. The monoisotopic (exact) mass is 388 g/mol. The molecule has 4 heterocycles. The van der Waals surface area contributed by atoms with Crippen LogP contribution >= 0.6 is 11.3 Å². The molecule has 1 aromatic carbocycles. The van der Waals surface area contributed by atoms with Crippen molar-refractivity contribution in [1.82, 2.24) is 29.2 Å². The number of hydrogen-bond donors (Lipinski definition) is 0. The van der Waals surface area contributed by atoms with Crippen molar-refractivity contribution >= 4 is 16.9 Å². The molecule has 0 unspecified atom stereocenters. The van der Waals surface area contributed by atoms with Crippen LogP contribution < -0.4 is 5.56 Å². The minimum Gasteiger partial charge on any atom is -0.306 e. The van der Waals surface area contributed by atoms with Crippen LogP contribution in [-0.4, -0.2) is 29.2 Å². The van der Waals surface area contributed by atoms with E-state index in [9.17, 15) is 4.79 Å². The number of aromatic nitrogens is 6. The molecule has 5 aromatic rings. The predicted molar refractivity (Wildman–Crippen MR) is 108 cm³/mol. The van der Waals surface area contributed by atoms with Crippen LogP contribution in [0.15, 0.2) is 71.2 Å². The van der Waals surface area contributed by atoms with E-state index in [2.05, 4.69) is 15.4 Å². The van der Waals surface area contributed by atoms with E-state index in [4.69, 9.17) is 0 Å². The Kier molecular flexibility index (Phi) is 3.91. The van der Waals surface area contributed by atoms with E-state index in [0.717, 1.165) is 16.3 Å². The van der Waals surface area contributed by atoms with Crippen LogP contribution in [0.25, 0.3) is 21.8 Å². The molecule has 28 heavy (non-hydrogen) atoms. The van der Waals surface area contributed by atoms with Crippen molar-refractivity contribution in [3.63, 3.8) is 0 Å². The second-order valence-corrected chi connectivity index (χ2v) is 7.51. The highest BCUT2D eigenvalue weighted by Gasteiger charge is 2.11. The molecular formula is C20H16N6OS. The normalized spacial score (nSPS) is 11.3. The maximum absolute atomic E-state index is 12.9. The quantitative estimate of drug-likeness (QED) is 0.474. The Morgan fingerprint density at radius 2 is 1.96 bits per heavy atom. The first-order chi connectivity index (χ1) is 13.7. The van der Waals surface area contributed by atoms with E-state index in [-0.39, 0.29) is 5.56 Å². The molecule has 0 N–H and O–H groups in total. The molecule has 0 spiro atoms. The number of rotatable bonds is 4. The molecule has 0 saturated heterocycles. The van der Waals surface area contributed by atoms with Gasteiger partial charge in [0.15, 0.2) is 0 Å². The van der Waals surface area contributed by atoms with E-state index in [0.29, 0.717) is 17.8 Å². The van der Waals surface area contributed by atoms with E-state index < -0.39 is 0 Å². The summed E-state index contributed by atoms with van der Waals surface area (Å²) in [7, 11) is 0. The van der Waals surface area contributed by atoms with Crippen LogP contribution in [0.2, 0.25) is 0 Å². The van der Waals surface area contributed by atoms with Gasteiger partial charge in [0.05, 0.1) is 23.3 Å². The molecule has 5 rings (SSSR count).